The van der Waals surface area contributed by atoms with Crippen LogP contribution in [0.2, 0.25) is 0 Å². The minimum absolute atomic E-state index is 0. The van der Waals surface area contributed by atoms with Crippen LogP contribution in [0.15, 0.2) is 12.4 Å². The number of carbonyl (C=O) groups is 3. The Morgan fingerprint density at radius 3 is 2.68 bits per heavy atom. The fourth-order valence-electron chi connectivity index (χ4n) is 2.45. The maximum Gasteiger partial charge on any atom is 0.249 e. The number of carbonyl (C=O) groups excluding carboxylic acids is 3. The van der Waals surface area contributed by atoms with Crippen LogP contribution in [0.5, 0.6) is 0 Å². The molecule has 1 aliphatic heterocycles. The fourth-order valence-corrected chi connectivity index (χ4v) is 2.45. The lowest BCUT2D eigenvalue weighted by molar-refractivity contribution is -0.128. The highest BCUT2D eigenvalue weighted by molar-refractivity contribution is 6.01. The quantitative estimate of drug-likeness (QED) is 0.601. The molecule has 2 atom stereocenters. The number of hydrogen-bond donors (Lipinski definition) is 3. The zero-order valence-corrected chi connectivity index (χ0v) is 15.4. The second kappa shape index (κ2) is 8.82. The third-order valence-corrected chi connectivity index (χ3v) is 3.99. The van der Waals surface area contributed by atoms with E-state index >= 15 is 0 Å². The van der Waals surface area contributed by atoms with Crippen LogP contribution in [-0.4, -0.2) is 52.7 Å². The average molecular weight is 373 g/mol. The van der Waals surface area contributed by atoms with Crippen LogP contribution in [0.25, 0.3) is 0 Å². The van der Waals surface area contributed by atoms with Gasteiger partial charge in [-0.1, -0.05) is 13.8 Å². The Kier molecular flexibility index (Phi) is 7.38. The van der Waals surface area contributed by atoms with Gasteiger partial charge in [-0.15, -0.1) is 12.4 Å². The van der Waals surface area contributed by atoms with Crippen molar-refractivity contribution in [2.75, 3.05) is 18.0 Å². The smallest absolute Gasteiger partial charge is 0.249 e. The van der Waals surface area contributed by atoms with Crippen molar-refractivity contribution in [3.8, 4) is 0 Å². The number of aromatic nitrogens is 2. The topological polar surface area (TPSA) is 122 Å². The van der Waals surface area contributed by atoms with Gasteiger partial charge in [0.05, 0.1) is 24.5 Å². The molecule has 0 aliphatic carbocycles. The van der Waals surface area contributed by atoms with Crippen molar-refractivity contribution in [1.29, 1.82) is 0 Å². The van der Waals surface area contributed by atoms with Crippen molar-refractivity contribution < 1.29 is 14.4 Å². The van der Waals surface area contributed by atoms with Crippen molar-refractivity contribution >= 4 is 35.8 Å². The molecule has 3 amide bonds. The maximum absolute atomic E-state index is 12.4. The number of nitrogens with zero attached hydrogens (tertiary/aromatic N) is 3. The summed E-state index contributed by atoms with van der Waals surface area (Å²) < 4.78 is 1.61. The summed E-state index contributed by atoms with van der Waals surface area (Å²) in [4.78, 5) is 37.6. The summed E-state index contributed by atoms with van der Waals surface area (Å²) >= 11 is 0. The number of nitrogens with two attached hydrogens (primary N) is 1. The molecule has 140 valence electrons. The minimum Gasteiger partial charge on any atom is -0.346 e. The zero-order valence-electron chi connectivity index (χ0n) is 14.6. The van der Waals surface area contributed by atoms with Crippen molar-refractivity contribution in [2.24, 2.45) is 18.7 Å². The summed E-state index contributed by atoms with van der Waals surface area (Å²) in [5.74, 6) is -0.986. The summed E-state index contributed by atoms with van der Waals surface area (Å²) in [5, 5.41) is 9.17. The first kappa shape index (κ1) is 20.9. The summed E-state index contributed by atoms with van der Waals surface area (Å²) in [6, 6.07) is -1.25. The highest BCUT2D eigenvalue weighted by Gasteiger charge is 2.34. The summed E-state index contributed by atoms with van der Waals surface area (Å²) in [5.41, 5.74) is 6.41. The van der Waals surface area contributed by atoms with E-state index in [9.17, 15) is 14.4 Å². The second-order valence-corrected chi connectivity index (χ2v) is 6.26. The van der Waals surface area contributed by atoms with E-state index in [1.807, 2.05) is 13.8 Å². The van der Waals surface area contributed by atoms with Crippen LogP contribution in [0.3, 0.4) is 0 Å². The van der Waals surface area contributed by atoms with Gasteiger partial charge in [-0.3, -0.25) is 19.1 Å². The number of anilines is 1. The monoisotopic (exact) mass is 372 g/mol. The van der Waals surface area contributed by atoms with E-state index in [0.29, 0.717) is 18.7 Å². The number of halogens is 1. The van der Waals surface area contributed by atoms with Gasteiger partial charge >= 0.3 is 0 Å². The maximum atomic E-state index is 12.4. The third kappa shape index (κ3) is 5.17. The van der Waals surface area contributed by atoms with Gasteiger partial charge in [0.15, 0.2) is 0 Å². The second-order valence-electron chi connectivity index (χ2n) is 6.26. The standard InChI is InChI=1S/C15H24N6O3.ClH/c1-9(2)13(16)14(23)17-7-12(22)19-11-4-5-21(15(11)24)10-6-18-20(3)8-10;/h6,8-9,11,13H,4-5,7,16H2,1-3H3,(H,17,23)(H,19,22);1H/t11?,13-;/m0./s1. The van der Waals surface area contributed by atoms with Crippen molar-refractivity contribution in [2.45, 2.75) is 32.4 Å². The Hall–Kier alpha value is -2.13. The van der Waals surface area contributed by atoms with Gasteiger partial charge in [0.2, 0.25) is 17.7 Å². The van der Waals surface area contributed by atoms with Crippen LogP contribution in [0.4, 0.5) is 5.69 Å². The van der Waals surface area contributed by atoms with E-state index in [1.165, 1.54) is 0 Å². The van der Waals surface area contributed by atoms with E-state index < -0.39 is 18.0 Å². The van der Waals surface area contributed by atoms with Crippen molar-refractivity contribution in [1.82, 2.24) is 20.4 Å². The first-order chi connectivity index (χ1) is 11.3. The molecule has 1 aromatic heterocycles. The van der Waals surface area contributed by atoms with Crippen LogP contribution >= 0.6 is 12.4 Å². The summed E-state index contributed by atoms with van der Waals surface area (Å²) in [7, 11) is 1.77. The highest BCUT2D eigenvalue weighted by Crippen LogP contribution is 2.20. The van der Waals surface area contributed by atoms with Gasteiger partial charge in [-0.25, -0.2) is 0 Å². The molecule has 1 aromatic rings. The molecule has 0 aromatic carbocycles. The molecule has 1 unspecified atom stereocenters. The molecule has 25 heavy (non-hydrogen) atoms. The number of aryl methyl sites for hydroxylation is 1. The molecule has 0 bridgehead atoms. The zero-order chi connectivity index (χ0) is 17.9. The Bertz CT molecular complexity index is 633. The highest BCUT2D eigenvalue weighted by atomic mass is 35.5. The minimum atomic E-state index is -0.660. The van der Waals surface area contributed by atoms with E-state index in [0.717, 1.165) is 0 Å². The molecule has 1 fully saturated rings. The number of amides is 3. The van der Waals surface area contributed by atoms with Gasteiger partial charge in [0.25, 0.3) is 0 Å². The molecule has 9 nitrogen and oxygen atoms in total. The van der Waals surface area contributed by atoms with Crippen molar-refractivity contribution in [3.63, 3.8) is 0 Å². The molecule has 0 radical (unpaired) electrons. The van der Waals surface area contributed by atoms with Gasteiger partial charge in [-0.2, -0.15) is 5.10 Å². The van der Waals surface area contributed by atoms with E-state index in [4.69, 9.17) is 5.73 Å². The summed E-state index contributed by atoms with van der Waals surface area (Å²) in [6.45, 7) is 3.97. The summed E-state index contributed by atoms with van der Waals surface area (Å²) in [6.07, 6.45) is 3.87. The molecule has 0 spiro atoms. The van der Waals surface area contributed by atoms with Crippen LogP contribution in [-0.2, 0) is 21.4 Å². The Morgan fingerprint density at radius 2 is 2.12 bits per heavy atom. The molecule has 0 saturated carbocycles. The molecular formula is C15H25ClN6O3. The number of nitrogens with one attached hydrogen (secondary N) is 2. The Morgan fingerprint density at radius 1 is 1.44 bits per heavy atom. The number of hydrogen-bond acceptors (Lipinski definition) is 5. The predicted octanol–water partition coefficient (Wildman–Crippen LogP) is -0.837. The molecule has 1 aliphatic rings. The van der Waals surface area contributed by atoms with Gasteiger partial charge in [0.1, 0.15) is 6.04 Å². The van der Waals surface area contributed by atoms with Crippen LogP contribution in [0, 0.1) is 5.92 Å². The molecule has 2 heterocycles. The predicted molar refractivity (Wildman–Crippen MR) is 95.2 cm³/mol. The lowest BCUT2D eigenvalue weighted by Crippen LogP contribution is -2.49. The van der Waals surface area contributed by atoms with Gasteiger partial charge in [0, 0.05) is 19.8 Å². The van der Waals surface area contributed by atoms with E-state index in [1.54, 1.807) is 29.0 Å². The van der Waals surface area contributed by atoms with Crippen molar-refractivity contribution in [3.05, 3.63) is 12.4 Å². The SMILES string of the molecule is CC(C)[C@H](N)C(=O)NCC(=O)NC1CCN(c2cnn(C)c2)C1=O.Cl. The van der Waals surface area contributed by atoms with E-state index in [2.05, 4.69) is 15.7 Å². The average Bonchev–Trinajstić information content (AvgIpc) is 3.10. The van der Waals surface area contributed by atoms with Gasteiger partial charge < -0.3 is 21.3 Å². The Balaban J connectivity index is 0.00000312. The Labute approximate surface area is 152 Å². The molecular weight excluding hydrogens is 348 g/mol. The lowest BCUT2D eigenvalue weighted by Gasteiger charge is -2.17. The van der Waals surface area contributed by atoms with E-state index in [-0.39, 0.29) is 36.7 Å². The third-order valence-electron chi connectivity index (χ3n) is 3.99. The lowest BCUT2D eigenvalue weighted by atomic mass is 10.1. The molecule has 1 saturated heterocycles. The molecule has 10 heteroatoms. The normalized spacial score (nSPS) is 18.0. The van der Waals surface area contributed by atoms with Gasteiger partial charge in [-0.05, 0) is 12.3 Å². The fraction of sp³-hybridized carbons (Fsp3) is 0.600. The van der Waals surface area contributed by atoms with Crippen LogP contribution < -0.4 is 21.3 Å². The number of rotatable bonds is 6. The first-order valence-corrected chi connectivity index (χ1v) is 7.92. The first-order valence-electron chi connectivity index (χ1n) is 7.92. The van der Waals surface area contributed by atoms with Crippen LogP contribution in [0.1, 0.15) is 20.3 Å². The molecule has 4 N–H and O–H groups in total. The largest absolute Gasteiger partial charge is 0.346 e. The molecule has 2 rings (SSSR count).